The third kappa shape index (κ3) is 8.10. The van der Waals surface area contributed by atoms with E-state index >= 15 is 0 Å². The van der Waals surface area contributed by atoms with E-state index in [1.54, 1.807) is 0 Å². The zero-order chi connectivity index (χ0) is 10.6. The highest BCUT2D eigenvalue weighted by Gasteiger charge is 1.90. The minimum atomic E-state index is 0.166. The minimum Gasteiger partial charge on any atom is -0.391 e. The average Bonchev–Trinajstić information content (AvgIpc) is 2.21. The molecule has 0 aromatic rings. The van der Waals surface area contributed by atoms with Gasteiger partial charge in [-0.1, -0.05) is 39.5 Å². The van der Waals surface area contributed by atoms with Gasteiger partial charge in [0.15, 0.2) is 0 Å². The lowest BCUT2D eigenvalue weighted by Crippen LogP contribution is -1.87. The Bertz CT molecular complexity index is 176. The maximum absolute atomic E-state index is 8.98. The molecule has 0 aromatic heterocycles. The molecule has 0 saturated carbocycles. The minimum absolute atomic E-state index is 0.166. The van der Waals surface area contributed by atoms with Crippen LogP contribution in [0.5, 0.6) is 0 Å². The first-order valence-corrected chi connectivity index (χ1v) is 5.88. The summed E-state index contributed by atoms with van der Waals surface area (Å²) in [6, 6.07) is 0. The highest BCUT2D eigenvalue weighted by atomic mass is 16.3. The zero-order valence-electron chi connectivity index (χ0n) is 9.68. The molecule has 0 heterocycles. The largest absolute Gasteiger partial charge is 0.391 e. The molecule has 14 heavy (non-hydrogen) atoms. The van der Waals surface area contributed by atoms with Crippen molar-refractivity contribution in [3.63, 3.8) is 0 Å². The zero-order valence-corrected chi connectivity index (χ0v) is 9.68. The third-order valence-corrected chi connectivity index (χ3v) is 2.25. The Balaban J connectivity index is 3.64. The predicted octanol–water partition coefficient (Wildman–Crippen LogP) is 3.83. The smallest absolute Gasteiger partial charge is 0.0715 e. The summed E-state index contributed by atoms with van der Waals surface area (Å²) in [6.45, 7) is 4.51. The summed E-state index contributed by atoms with van der Waals surface area (Å²) < 4.78 is 0. The van der Waals surface area contributed by atoms with Crippen LogP contribution in [0.4, 0.5) is 0 Å². The third-order valence-electron chi connectivity index (χ3n) is 2.25. The summed E-state index contributed by atoms with van der Waals surface area (Å²) in [6.07, 6.45) is 10.4. The fourth-order valence-electron chi connectivity index (χ4n) is 1.39. The van der Waals surface area contributed by atoms with Gasteiger partial charge in [0.25, 0.3) is 0 Å². The Kier molecular flexibility index (Phi) is 10.2. The van der Waals surface area contributed by atoms with Crippen LogP contribution in [0.2, 0.25) is 0 Å². The monoisotopic (exact) mass is 196 g/mol. The summed E-state index contributed by atoms with van der Waals surface area (Å²) in [5.41, 5.74) is 4.23. The van der Waals surface area contributed by atoms with Crippen LogP contribution in [0, 0.1) is 0 Å². The summed E-state index contributed by atoms with van der Waals surface area (Å²) in [5, 5.41) is 8.98. The molecule has 1 nitrogen and oxygen atoms in total. The van der Waals surface area contributed by atoms with E-state index in [0.29, 0.717) is 0 Å². The van der Waals surface area contributed by atoms with Crippen molar-refractivity contribution in [3.05, 3.63) is 17.4 Å². The summed E-state index contributed by atoms with van der Waals surface area (Å²) >= 11 is 0. The second-order valence-corrected chi connectivity index (χ2v) is 3.71. The molecule has 0 spiro atoms. The summed E-state index contributed by atoms with van der Waals surface area (Å²) in [7, 11) is 0. The van der Waals surface area contributed by atoms with E-state index in [1.165, 1.54) is 25.7 Å². The van der Waals surface area contributed by atoms with Gasteiger partial charge in [0.05, 0.1) is 6.61 Å². The molecule has 0 unspecified atom stereocenters. The van der Waals surface area contributed by atoms with Gasteiger partial charge >= 0.3 is 0 Å². The van der Waals surface area contributed by atoms with Crippen molar-refractivity contribution in [2.75, 3.05) is 6.61 Å². The molecule has 1 heteroatoms. The molecule has 0 saturated heterocycles. The molecule has 0 amide bonds. The SMILES string of the molecule is CCCCCCC=C=C(CO)CCC. The molecule has 1 N–H and O–H groups in total. The molecule has 0 aliphatic carbocycles. The molecule has 0 aromatic carbocycles. The normalized spacial score (nSPS) is 9.64. The van der Waals surface area contributed by atoms with Crippen LogP contribution in [-0.4, -0.2) is 11.7 Å². The van der Waals surface area contributed by atoms with Crippen molar-refractivity contribution in [1.29, 1.82) is 0 Å². The molecule has 0 aliphatic heterocycles. The van der Waals surface area contributed by atoms with Gasteiger partial charge in [-0.25, -0.2) is 0 Å². The number of hydrogen-bond donors (Lipinski definition) is 1. The lowest BCUT2D eigenvalue weighted by atomic mass is 10.1. The van der Waals surface area contributed by atoms with Gasteiger partial charge in [-0.3, -0.25) is 0 Å². The lowest BCUT2D eigenvalue weighted by Gasteiger charge is -1.96. The molecule has 82 valence electrons. The van der Waals surface area contributed by atoms with E-state index in [4.69, 9.17) is 5.11 Å². The van der Waals surface area contributed by atoms with E-state index in [2.05, 4.69) is 25.7 Å². The maximum atomic E-state index is 8.98. The van der Waals surface area contributed by atoms with Crippen molar-refractivity contribution in [2.45, 2.75) is 58.8 Å². The molecule has 0 rings (SSSR count). The lowest BCUT2D eigenvalue weighted by molar-refractivity contribution is 0.326. The second-order valence-electron chi connectivity index (χ2n) is 3.71. The van der Waals surface area contributed by atoms with Crippen molar-refractivity contribution < 1.29 is 5.11 Å². The first-order valence-electron chi connectivity index (χ1n) is 5.88. The van der Waals surface area contributed by atoms with Crippen LogP contribution in [0.15, 0.2) is 17.4 Å². The molecule has 0 fully saturated rings. The van der Waals surface area contributed by atoms with E-state index in [-0.39, 0.29) is 6.61 Å². The number of unbranched alkanes of at least 4 members (excludes halogenated alkanes) is 4. The Morgan fingerprint density at radius 2 is 1.93 bits per heavy atom. The first-order chi connectivity index (χ1) is 6.85. The van der Waals surface area contributed by atoms with Crippen LogP contribution in [0.3, 0.4) is 0 Å². The number of aliphatic hydroxyl groups is 1. The maximum Gasteiger partial charge on any atom is 0.0715 e. The topological polar surface area (TPSA) is 20.2 Å². The van der Waals surface area contributed by atoms with Crippen molar-refractivity contribution in [2.24, 2.45) is 0 Å². The van der Waals surface area contributed by atoms with Gasteiger partial charge in [0, 0.05) is 0 Å². The molecule has 0 bridgehead atoms. The van der Waals surface area contributed by atoms with Crippen molar-refractivity contribution in [1.82, 2.24) is 0 Å². The molecule has 0 aliphatic rings. The summed E-state index contributed by atoms with van der Waals surface area (Å²) in [4.78, 5) is 0. The van der Waals surface area contributed by atoms with Crippen LogP contribution >= 0.6 is 0 Å². The highest BCUT2D eigenvalue weighted by molar-refractivity contribution is 5.01. The molecule has 0 radical (unpaired) electrons. The Morgan fingerprint density at radius 1 is 1.14 bits per heavy atom. The fraction of sp³-hybridized carbons (Fsp3) is 0.769. The van der Waals surface area contributed by atoms with Crippen LogP contribution in [-0.2, 0) is 0 Å². The van der Waals surface area contributed by atoms with Crippen LogP contribution < -0.4 is 0 Å². The quantitative estimate of drug-likeness (QED) is 0.462. The predicted molar refractivity (Wildman–Crippen MR) is 62.3 cm³/mol. The second kappa shape index (κ2) is 10.6. The molecular weight excluding hydrogens is 172 g/mol. The van der Waals surface area contributed by atoms with Crippen molar-refractivity contribution >= 4 is 0 Å². The van der Waals surface area contributed by atoms with Crippen molar-refractivity contribution in [3.8, 4) is 0 Å². The van der Waals surface area contributed by atoms with E-state index in [0.717, 1.165) is 24.8 Å². The number of rotatable bonds is 8. The average molecular weight is 196 g/mol. The van der Waals surface area contributed by atoms with E-state index < -0.39 is 0 Å². The Morgan fingerprint density at radius 3 is 2.50 bits per heavy atom. The van der Waals surface area contributed by atoms with Crippen LogP contribution in [0.1, 0.15) is 58.8 Å². The van der Waals surface area contributed by atoms with Gasteiger partial charge in [0.1, 0.15) is 0 Å². The van der Waals surface area contributed by atoms with Crippen LogP contribution in [0.25, 0.3) is 0 Å². The Labute approximate surface area is 88.5 Å². The number of hydrogen-bond acceptors (Lipinski definition) is 1. The molecular formula is C13H24O. The first kappa shape index (κ1) is 13.5. The Hall–Kier alpha value is -0.520. The number of aliphatic hydroxyl groups excluding tert-OH is 1. The van der Waals surface area contributed by atoms with Gasteiger partial charge < -0.3 is 5.11 Å². The van der Waals surface area contributed by atoms with E-state index in [1.807, 2.05) is 0 Å². The standard InChI is InChI=1S/C13H24O/c1-3-5-6-7-8-9-11-13(12-14)10-4-2/h9,14H,3-8,10,12H2,1-2H3. The summed E-state index contributed by atoms with van der Waals surface area (Å²) in [5.74, 6) is 0. The van der Waals surface area contributed by atoms with Gasteiger partial charge in [-0.2, -0.15) is 0 Å². The van der Waals surface area contributed by atoms with E-state index in [9.17, 15) is 0 Å². The van der Waals surface area contributed by atoms with Gasteiger partial charge in [-0.05, 0) is 30.9 Å². The van der Waals surface area contributed by atoms with Gasteiger partial charge in [0.2, 0.25) is 0 Å². The molecule has 0 atom stereocenters. The highest BCUT2D eigenvalue weighted by Crippen LogP contribution is 2.04. The fourth-order valence-corrected chi connectivity index (χ4v) is 1.39. The van der Waals surface area contributed by atoms with Gasteiger partial charge in [-0.15, -0.1) is 5.73 Å².